The summed E-state index contributed by atoms with van der Waals surface area (Å²) in [4.78, 5) is 19.6. The fourth-order valence-corrected chi connectivity index (χ4v) is 4.23. The number of hydrogen-bond donors (Lipinski definition) is 0. The van der Waals surface area contributed by atoms with Gasteiger partial charge in [0.15, 0.2) is 5.13 Å². The number of halogens is 2. The maximum absolute atomic E-state index is 13.5. The van der Waals surface area contributed by atoms with Crippen molar-refractivity contribution in [3.05, 3.63) is 83.1 Å². The van der Waals surface area contributed by atoms with Crippen molar-refractivity contribution in [1.82, 2.24) is 4.98 Å². The molecule has 0 atom stereocenters. The first kappa shape index (κ1) is 20.3. The molecule has 0 N–H and O–H groups in total. The van der Waals surface area contributed by atoms with Gasteiger partial charge in [-0.15, -0.1) is 0 Å². The van der Waals surface area contributed by atoms with E-state index in [-0.39, 0.29) is 16.7 Å². The van der Waals surface area contributed by atoms with Gasteiger partial charge in [-0.1, -0.05) is 35.1 Å². The van der Waals surface area contributed by atoms with Crippen molar-refractivity contribution in [1.29, 1.82) is 0 Å². The van der Waals surface area contributed by atoms with Crippen LogP contribution in [0.4, 0.5) is 15.2 Å². The largest absolute Gasteiger partial charge is 0.491 e. The van der Waals surface area contributed by atoms with Crippen LogP contribution in [0.15, 0.2) is 66.7 Å². The number of carbonyl (C=O) groups excluding carboxylic acids is 1. The van der Waals surface area contributed by atoms with Gasteiger partial charge in [0, 0.05) is 0 Å². The fourth-order valence-electron chi connectivity index (χ4n) is 3.00. The molecule has 0 fully saturated rings. The fraction of sp³-hybridized carbons (Fsp3) is 0.130. The van der Waals surface area contributed by atoms with Crippen LogP contribution in [0.3, 0.4) is 0 Å². The van der Waals surface area contributed by atoms with Crippen molar-refractivity contribution < 1.29 is 13.9 Å². The highest BCUT2D eigenvalue weighted by molar-refractivity contribution is 7.22. The smallest absolute Gasteiger partial charge is 0.266 e. The van der Waals surface area contributed by atoms with Gasteiger partial charge < -0.3 is 4.74 Å². The van der Waals surface area contributed by atoms with Gasteiger partial charge in [0.05, 0.1) is 32.6 Å². The Balaban J connectivity index is 1.81. The molecule has 4 rings (SSSR count). The van der Waals surface area contributed by atoms with E-state index >= 15 is 0 Å². The summed E-state index contributed by atoms with van der Waals surface area (Å²) in [7, 11) is 0. The number of benzene rings is 3. The third kappa shape index (κ3) is 4.15. The maximum atomic E-state index is 13.5. The number of ether oxygens (including phenoxy) is 1. The summed E-state index contributed by atoms with van der Waals surface area (Å²) in [5.74, 6) is -0.194. The molecule has 1 aromatic heterocycles. The van der Waals surface area contributed by atoms with Crippen molar-refractivity contribution in [3.8, 4) is 5.75 Å². The van der Waals surface area contributed by atoms with Crippen LogP contribution in [0.1, 0.15) is 24.2 Å². The molecule has 0 saturated heterocycles. The average molecular weight is 441 g/mol. The number of aromatic nitrogens is 1. The second-order valence-electron chi connectivity index (χ2n) is 6.89. The molecule has 0 bridgehead atoms. The first-order valence-corrected chi connectivity index (χ1v) is 10.5. The van der Waals surface area contributed by atoms with Crippen LogP contribution in [-0.2, 0) is 0 Å². The molecular formula is C23H18ClFN2O2S. The Kier molecular flexibility index (Phi) is 5.70. The summed E-state index contributed by atoms with van der Waals surface area (Å²) in [6, 6.07) is 18.6. The van der Waals surface area contributed by atoms with E-state index in [2.05, 4.69) is 4.98 Å². The van der Waals surface area contributed by atoms with Crippen LogP contribution < -0.4 is 9.64 Å². The highest BCUT2D eigenvalue weighted by Gasteiger charge is 2.25. The maximum Gasteiger partial charge on any atom is 0.266 e. The summed E-state index contributed by atoms with van der Waals surface area (Å²) in [5.41, 5.74) is 1.59. The topological polar surface area (TPSA) is 42.4 Å². The molecule has 0 aliphatic carbocycles. The van der Waals surface area contributed by atoms with E-state index in [1.807, 2.05) is 38.1 Å². The summed E-state index contributed by atoms with van der Waals surface area (Å²) in [6.45, 7) is 3.89. The Morgan fingerprint density at radius 2 is 1.83 bits per heavy atom. The molecule has 4 nitrogen and oxygen atoms in total. The van der Waals surface area contributed by atoms with Gasteiger partial charge in [0.1, 0.15) is 11.6 Å². The van der Waals surface area contributed by atoms with Crippen LogP contribution >= 0.6 is 22.9 Å². The number of rotatable bonds is 5. The summed E-state index contributed by atoms with van der Waals surface area (Å²) >= 11 is 7.57. The van der Waals surface area contributed by atoms with Crippen LogP contribution in [0, 0.1) is 5.82 Å². The van der Waals surface area contributed by atoms with E-state index in [9.17, 15) is 9.18 Å². The summed E-state index contributed by atoms with van der Waals surface area (Å²) < 4.78 is 20.2. The normalized spacial score (nSPS) is 11.1. The minimum Gasteiger partial charge on any atom is -0.491 e. The van der Waals surface area contributed by atoms with Crippen LogP contribution in [-0.4, -0.2) is 17.0 Å². The van der Waals surface area contributed by atoms with Crippen molar-refractivity contribution in [2.24, 2.45) is 0 Å². The molecule has 152 valence electrons. The van der Waals surface area contributed by atoms with Crippen LogP contribution in [0.2, 0.25) is 5.02 Å². The molecule has 3 aromatic carbocycles. The number of nitrogens with zero attached hydrogens (tertiary/aromatic N) is 2. The Labute approximate surface area is 182 Å². The van der Waals surface area contributed by atoms with Crippen LogP contribution in [0.5, 0.6) is 5.75 Å². The number of amides is 1. The molecule has 0 saturated carbocycles. The molecule has 1 heterocycles. The Morgan fingerprint density at radius 1 is 1.10 bits per heavy atom. The van der Waals surface area contributed by atoms with Crippen molar-refractivity contribution in [3.63, 3.8) is 0 Å². The second-order valence-corrected chi connectivity index (χ2v) is 8.31. The van der Waals surface area contributed by atoms with Crippen LogP contribution in [0.25, 0.3) is 10.2 Å². The lowest BCUT2D eigenvalue weighted by Crippen LogP contribution is -2.26. The predicted molar refractivity (Wildman–Crippen MR) is 120 cm³/mol. The van der Waals surface area contributed by atoms with E-state index in [1.165, 1.54) is 28.4 Å². The van der Waals surface area contributed by atoms with Crippen molar-refractivity contribution >= 4 is 49.9 Å². The number of anilines is 2. The molecule has 0 radical (unpaired) electrons. The van der Waals surface area contributed by atoms with Gasteiger partial charge in [-0.2, -0.15) is 0 Å². The lowest BCUT2D eigenvalue weighted by molar-refractivity contribution is 0.0999. The van der Waals surface area contributed by atoms with Gasteiger partial charge in [0.25, 0.3) is 5.91 Å². The van der Waals surface area contributed by atoms with Crippen molar-refractivity contribution in [2.45, 2.75) is 20.0 Å². The lowest BCUT2D eigenvalue weighted by Gasteiger charge is -2.21. The van der Waals surface area contributed by atoms with E-state index in [0.717, 1.165) is 16.3 Å². The zero-order valence-corrected chi connectivity index (χ0v) is 17.9. The highest BCUT2D eigenvalue weighted by Crippen LogP contribution is 2.36. The first-order chi connectivity index (χ1) is 14.4. The average Bonchev–Trinajstić information content (AvgIpc) is 3.12. The van der Waals surface area contributed by atoms with Gasteiger partial charge in [0.2, 0.25) is 0 Å². The standard InChI is InChI=1S/C23H18ClFN2O2S/c1-14(2)29-17-10-8-16(9-11-17)27(22(28)18-12-7-15(25)13-19(18)24)23-26-20-5-3-4-6-21(20)30-23/h3-14H,1-2H3. The second kappa shape index (κ2) is 8.42. The van der Waals surface area contributed by atoms with Gasteiger partial charge in [-0.3, -0.25) is 9.69 Å². The highest BCUT2D eigenvalue weighted by atomic mass is 35.5. The molecule has 0 unspecified atom stereocenters. The minimum atomic E-state index is -0.502. The monoisotopic (exact) mass is 440 g/mol. The van der Waals surface area contributed by atoms with Gasteiger partial charge in [-0.25, -0.2) is 9.37 Å². The molecule has 1 amide bonds. The SMILES string of the molecule is CC(C)Oc1ccc(N(C(=O)c2ccc(F)cc2Cl)c2nc3ccccc3s2)cc1. The van der Waals surface area contributed by atoms with E-state index in [4.69, 9.17) is 16.3 Å². The number of hydrogen-bond acceptors (Lipinski definition) is 4. The molecule has 7 heteroatoms. The molecule has 4 aromatic rings. The molecule has 0 aliphatic heterocycles. The first-order valence-electron chi connectivity index (χ1n) is 9.34. The Bertz CT molecular complexity index is 1170. The summed E-state index contributed by atoms with van der Waals surface area (Å²) in [5, 5.41) is 0.546. The minimum absolute atomic E-state index is 0.0378. The summed E-state index contributed by atoms with van der Waals surface area (Å²) in [6.07, 6.45) is 0.0378. The molecule has 0 aliphatic rings. The zero-order chi connectivity index (χ0) is 21.3. The van der Waals surface area contributed by atoms with Gasteiger partial charge in [-0.05, 0) is 68.4 Å². The zero-order valence-electron chi connectivity index (χ0n) is 16.3. The van der Waals surface area contributed by atoms with E-state index in [0.29, 0.717) is 16.6 Å². The van der Waals surface area contributed by atoms with E-state index in [1.54, 1.807) is 24.3 Å². The third-order valence-electron chi connectivity index (χ3n) is 4.31. The molecule has 0 spiro atoms. The number of thiazole rings is 1. The predicted octanol–water partition coefficient (Wildman–Crippen LogP) is 6.85. The van der Waals surface area contributed by atoms with E-state index < -0.39 is 11.7 Å². The quantitative estimate of drug-likeness (QED) is 0.340. The molecule has 30 heavy (non-hydrogen) atoms. The molecular weight excluding hydrogens is 423 g/mol. The number of fused-ring (bicyclic) bond motifs is 1. The number of carbonyl (C=O) groups is 1. The third-order valence-corrected chi connectivity index (χ3v) is 5.64. The lowest BCUT2D eigenvalue weighted by atomic mass is 10.1. The van der Waals surface area contributed by atoms with Gasteiger partial charge >= 0.3 is 0 Å². The Morgan fingerprint density at radius 3 is 2.50 bits per heavy atom. The Hall–Kier alpha value is -2.96. The number of para-hydroxylation sites is 1. The van der Waals surface area contributed by atoms with Crippen molar-refractivity contribution in [2.75, 3.05) is 4.90 Å².